The maximum Gasteiger partial charge on any atom is 0.272 e. The van der Waals surface area contributed by atoms with Crippen molar-refractivity contribution in [1.82, 2.24) is 24.9 Å². The van der Waals surface area contributed by atoms with Gasteiger partial charge in [-0.3, -0.25) is 19.4 Å². The third kappa shape index (κ3) is 6.82. The van der Waals surface area contributed by atoms with Gasteiger partial charge in [0.05, 0.1) is 34.7 Å². The number of Topliss-reactive ketones (excluding diaryl/α,β-unsaturated/α-hetero) is 1. The first-order valence-electron chi connectivity index (χ1n) is 12.7. The number of halogens is 1. The molecule has 2 heterocycles. The van der Waals surface area contributed by atoms with Gasteiger partial charge < -0.3 is 10.6 Å². The summed E-state index contributed by atoms with van der Waals surface area (Å²) in [5.74, 6) is -2.27. The number of aromatic nitrogens is 2. The molecule has 10 nitrogen and oxygen atoms in total. The lowest BCUT2D eigenvalue weighted by Gasteiger charge is -2.23. The van der Waals surface area contributed by atoms with Crippen molar-refractivity contribution in [2.45, 2.75) is 50.1 Å². The first-order chi connectivity index (χ1) is 18.5. The Kier molecular flexibility index (Phi) is 8.66. The molecule has 206 valence electrons. The van der Waals surface area contributed by atoms with Crippen LogP contribution in [0.5, 0.6) is 0 Å². The van der Waals surface area contributed by atoms with Gasteiger partial charge in [-0.1, -0.05) is 32.0 Å². The van der Waals surface area contributed by atoms with Crippen LogP contribution in [0.4, 0.5) is 4.39 Å². The maximum absolute atomic E-state index is 13.6. The molecule has 1 aromatic heterocycles. The van der Waals surface area contributed by atoms with Gasteiger partial charge in [-0.05, 0) is 55.5 Å². The average Bonchev–Trinajstić information content (AvgIpc) is 3.09. The monoisotopic (exact) mass is 555 g/mol. The van der Waals surface area contributed by atoms with Gasteiger partial charge in [0.25, 0.3) is 5.91 Å². The standard InChI is InChI=1S/C27H30FN5O5S/c1-17(2)13-23(32-27(36)24-15-29-20-9-3-4-10-21(20)30-24)26(35)31-22-11-6-12-33(16-25(22)34)39(37,38)19-8-5-7-18(28)14-19/h3-5,7-10,14-15,17,22-23H,6,11-13,16H2,1-2H3,(H,31,35)(H,32,36)/t22?,23-/m0/s1. The number of nitrogens with one attached hydrogen (secondary N) is 2. The minimum atomic E-state index is -4.10. The van der Waals surface area contributed by atoms with Crippen molar-refractivity contribution >= 4 is 38.7 Å². The number of benzene rings is 2. The molecule has 2 atom stereocenters. The lowest BCUT2D eigenvalue weighted by molar-refractivity contribution is -0.129. The zero-order chi connectivity index (χ0) is 28.2. The van der Waals surface area contributed by atoms with Gasteiger partial charge in [-0.15, -0.1) is 0 Å². The number of ketones is 1. The number of amides is 2. The van der Waals surface area contributed by atoms with Crippen LogP contribution >= 0.6 is 0 Å². The van der Waals surface area contributed by atoms with E-state index in [4.69, 9.17) is 0 Å². The van der Waals surface area contributed by atoms with E-state index in [9.17, 15) is 27.2 Å². The van der Waals surface area contributed by atoms with E-state index in [2.05, 4.69) is 20.6 Å². The summed E-state index contributed by atoms with van der Waals surface area (Å²) >= 11 is 0. The fourth-order valence-corrected chi connectivity index (χ4v) is 5.88. The summed E-state index contributed by atoms with van der Waals surface area (Å²) in [4.78, 5) is 47.5. The zero-order valence-electron chi connectivity index (χ0n) is 21.6. The molecular formula is C27H30FN5O5S. The van der Waals surface area contributed by atoms with E-state index in [1.165, 1.54) is 18.3 Å². The first-order valence-corrected chi connectivity index (χ1v) is 14.1. The van der Waals surface area contributed by atoms with Crippen LogP contribution in [0.2, 0.25) is 0 Å². The molecule has 0 bridgehead atoms. The van der Waals surface area contributed by atoms with Gasteiger partial charge in [0.1, 0.15) is 17.6 Å². The third-order valence-corrected chi connectivity index (χ3v) is 8.22. The number of para-hydroxylation sites is 2. The molecule has 0 saturated carbocycles. The van der Waals surface area contributed by atoms with Crippen molar-refractivity contribution in [3.8, 4) is 0 Å². The second kappa shape index (κ2) is 12.0. The maximum atomic E-state index is 13.6. The van der Waals surface area contributed by atoms with Crippen molar-refractivity contribution in [2.75, 3.05) is 13.1 Å². The van der Waals surface area contributed by atoms with Gasteiger partial charge in [-0.2, -0.15) is 4.31 Å². The van der Waals surface area contributed by atoms with Crippen LogP contribution in [0.3, 0.4) is 0 Å². The molecule has 2 N–H and O–H groups in total. The molecule has 2 amide bonds. The second-order valence-corrected chi connectivity index (χ2v) is 11.8. The van der Waals surface area contributed by atoms with E-state index in [0.717, 1.165) is 16.4 Å². The third-order valence-electron chi connectivity index (χ3n) is 6.38. The van der Waals surface area contributed by atoms with Crippen molar-refractivity contribution in [3.63, 3.8) is 0 Å². The van der Waals surface area contributed by atoms with Crippen LogP contribution in [0, 0.1) is 11.7 Å². The van der Waals surface area contributed by atoms with Crippen molar-refractivity contribution in [3.05, 3.63) is 66.2 Å². The largest absolute Gasteiger partial charge is 0.344 e. The number of carbonyl (C=O) groups is 3. The molecular weight excluding hydrogens is 525 g/mol. The van der Waals surface area contributed by atoms with E-state index < -0.39 is 52.1 Å². The molecule has 4 rings (SSSR count). The molecule has 2 aromatic carbocycles. The summed E-state index contributed by atoms with van der Waals surface area (Å²) in [6.07, 6.45) is 2.17. The summed E-state index contributed by atoms with van der Waals surface area (Å²) in [7, 11) is -4.10. The minimum Gasteiger partial charge on any atom is -0.344 e. The Morgan fingerprint density at radius 2 is 1.87 bits per heavy atom. The van der Waals surface area contributed by atoms with E-state index in [-0.39, 0.29) is 29.5 Å². The second-order valence-electron chi connectivity index (χ2n) is 9.87. The van der Waals surface area contributed by atoms with Gasteiger partial charge in [0, 0.05) is 6.54 Å². The van der Waals surface area contributed by atoms with Crippen LogP contribution in [0.15, 0.2) is 59.6 Å². The Balaban J connectivity index is 1.45. The highest BCUT2D eigenvalue weighted by Gasteiger charge is 2.34. The number of hydrogen-bond acceptors (Lipinski definition) is 7. The fourth-order valence-electron chi connectivity index (χ4n) is 4.40. The molecule has 3 aromatic rings. The van der Waals surface area contributed by atoms with E-state index in [1.54, 1.807) is 18.2 Å². The summed E-state index contributed by atoms with van der Waals surface area (Å²) in [6, 6.07) is 9.81. The van der Waals surface area contributed by atoms with Crippen LogP contribution < -0.4 is 10.6 Å². The number of nitrogens with zero attached hydrogens (tertiary/aromatic N) is 3. The van der Waals surface area contributed by atoms with Crippen LogP contribution in [0.1, 0.15) is 43.6 Å². The highest BCUT2D eigenvalue weighted by atomic mass is 32.2. The van der Waals surface area contributed by atoms with Crippen molar-refractivity contribution < 1.29 is 27.2 Å². The van der Waals surface area contributed by atoms with Gasteiger partial charge >= 0.3 is 0 Å². The molecule has 12 heteroatoms. The Morgan fingerprint density at radius 3 is 2.59 bits per heavy atom. The molecule has 0 radical (unpaired) electrons. The number of rotatable bonds is 8. The van der Waals surface area contributed by atoms with Crippen molar-refractivity contribution in [1.29, 1.82) is 0 Å². The van der Waals surface area contributed by atoms with Gasteiger partial charge in [-0.25, -0.2) is 17.8 Å². The van der Waals surface area contributed by atoms with Crippen LogP contribution in [-0.2, 0) is 19.6 Å². The molecule has 0 aliphatic carbocycles. The number of hydrogen-bond donors (Lipinski definition) is 2. The van der Waals surface area contributed by atoms with Gasteiger partial charge in [0.15, 0.2) is 5.78 Å². The SMILES string of the molecule is CC(C)C[C@H](NC(=O)c1cnc2ccccc2n1)C(=O)NC1CCCN(S(=O)(=O)c2cccc(F)c2)CC1=O. The Labute approximate surface area is 226 Å². The van der Waals surface area contributed by atoms with Gasteiger partial charge in [0.2, 0.25) is 15.9 Å². The first kappa shape index (κ1) is 28.2. The predicted octanol–water partition coefficient (Wildman–Crippen LogP) is 2.45. The Bertz CT molecular complexity index is 1500. The number of fused-ring (bicyclic) bond motifs is 1. The summed E-state index contributed by atoms with van der Waals surface area (Å²) in [5.41, 5.74) is 1.22. The lowest BCUT2D eigenvalue weighted by atomic mass is 10.0. The normalized spacial score (nSPS) is 17.5. The molecule has 39 heavy (non-hydrogen) atoms. The minimum absolute atomic E-state index is 0.0421. The van der Waals surface area contributed by atoms with Crippen molar-refractivity contribution in [2.24, 2.45) is 5.92 Å². The van der Waals surface area contributed by atoms with E-state index >= 15 is 0 Å². The van der Waals surface area contributed by atoms with Crippen LogP contribution in [0.25, 0.3) is 11.0 Å². The Hall–Kier alpha value is -3.77. The predicted molar refractivity (Wildman–Crippen MR) is 142 cm³/mol. The zero-order valence-corrected chi connectivity index (χ0v) is 22.4. The summed E-state index contributed by atoms with van der Waals surface area (Å²) in [6.45, 7) is 3.38. The highest BCUT2D eigenvalue weighted by Crippen LogP contribution is 2.20. The van der Waals surface area contributed by atoms with E-state index in [1.807, 2.05) is 19.9 Å². The number of carbonyl (C=O) groups excluding carboxylic acids is 3. The topological polar surface area (TPSA) is 138 Å². The molecule has 1 unspecified atom stereocenters. The molecule has 1 fully saturated rings. The quantitative estimate of drug-likeness (QED) is 0.435. The lowest BCUT2D eigenvalue weighted by Crippen LogP contribution is -2.52. The Morgan fingerprint density at radius 1 is 1.13 bits per heavy atom. The molecule has 0 spiro atoms. The smallest absolute Gasteiger partial charge is 0.272 e. The molecule has 1 aliphatic rings. The number of sulfonamides is 1. The average molecular weight is 556 g/mol. The molecule has 1 aliphatic heterocycles. The van der Waals surface area contributed by atoms with E-state index in [0.29, 0.717) is 23.9 Å². The molecule has 1 saturated heterocycles. The highest BCUT2D eigenvalue weighted by molar-refractivity contribution is 7.89. The fraction of sp³-hybridized carbons (Fsp3) is 0.370. The summed E-state index contributed by atoms with van der Waals surface area (Å²) < 4.78 is 40.6. The van der Waals surface area contributed by atoms with Crippen LogP contribution in [-0.4, -0.2) is 65.5 Å². The summed E-state index contributed by atoms with van der Waals surface area (Å²) in [5, 5.41) is 5.40.